The first-order valence-electron chi connectivity index (χ1n) is 8.99. The fourth-order valence-electron chi connectivity index (χ4n) is 3.22. The third kappa shape index (κ3) is 4.42. The molecule has 0 bridgehead atoms. The van der Waals surface area contributed by atoms with Crippen molar-refractivity contribution in [3.63, 3.8) is 0 Å². The second-order valence-corrected chi connectivity index (χ2v) is 6.96. The highest BCUT2D eigenvalue weighted by Crippen LogP contribution is 2.45. The first-order chi connectivity index (χ1) is 13.0. The SMILES string of the molecule is CCOC(=O)COc1cccc(NC(=O)C2(c3cccc(Cl)c3)CCC2)c1. The summed E-state index contributed by atoms with van der Waals surface area (Å²) in [5.41, 5.74) is 1.01. The van der Waals surface area contributed by atoms with E-state index < -0.39 is 11.4 Å². The minimum absolute atomic E-state index is 0.0569. The lowest BCUT2D eigenvalue weighted by Crippen LogP contribution is -2.46. The van der Waals surface area contributed by atoms with Gasteiger partial charge in [-0.2, -0.15) is 0 Å². The van der Waals surface area contributed by atoms with E-state index >= 15 is 0 Å². The van der Waals surface area contributed by atoms with Gasteiger partial charge in [0.15, 0.2) is 6.61 Å². The van der Waals surface area contributed by atoms with E-state index in [0.29, 0.717) is 23.1 Å². The molecule has 0 unspecified atom stereocenters. The van der Waals surface area contributed by atoms with Crippen molar-refractivity contribution < 1.29 is 19.1 Å². The molecule has 1 saturated carbocycles. The number of ether oxygens (including phenoxy) is 2. The van der Waals surface area contributed by atoms with Crippen molar-refractivity contribution in [1.82, 2.24) is 0 Å². The second-order valence-electron chi connectivity index (χ2n) is 6.52. The summed E-state index contributed by atoms with van der Waals surface area (Å²) in [6.45, 7) is 1.88. The molecule has 0 saturated heterocycles. The molecule has 0 radical (unpaired) electrons. The standard InChI is InChI=1S/C21H22ClNO4/c1-2-26-19(24)14-27-18-9-4-8-17(13-18)23-20(25)21(10-5-11-21)15-6-3-7-16(22)12-15/h3-4,6-9,12-13H,2,5,10-11,14H2,1H3,(H,23,25). The molecule has 1 N–H and O–H groups in total. The summed E-state index contributed by atoms with van der Waals surface area (Å²) in [6.07, 6.45) is 2.58. The van der Waals surface area contributed by atoms with Crippen LogP contribution in [0.5, 0.6) is 5.75 Å². The van der Waals surface area contributed by atoms with Crippen molar-refractivity contribution in [2.75, 3.05) is 18.5 Å². The number of hydrogen-bond donors (Lipinski definition) is 1. The molecule has 0 atom stereocenters. The van der Waals surface area contributed by atoms with Gasteiger partial charge in [0.2, 0.25) is 5.91 Å². The van der Waals surface area contributed by atoms with Crippen LogP contribution in [0.15, 0.2) is 48.5 Å². The zero-order chi connectivity index (χ0) is 19.3. The van der Waals surface area contributed by atoms with Gasteiger partial charge in [0.05, 0.1) is 12.0 Å². The van der Waals surface area contributed by atoms with Gasteiger partial charge in [0.1, 0.15) is 5.75 Å². The Morgan fingerprint density at radius 1 is 1.15 bits per heavy atom. The van der Waals surface area contributed by atoms with Gasteiger partial charge in [-0.15, -0.1) is 0 Å². The van der Waals surface area contributed by atoms with Crippen molar-refractivity contribution in [2.45, 2.75) is 31.6 Å². The summed E-state index contributed by atoms with van der Waals surface area (Å²) in [6, 6.07) is 14.5. The smallest absolute Gasteiger partial charge is 0.344 e. The number of rotatable bonds is 7. The minimum Gasteiger partial charge on any atom is -0.482 e. The Morgan fingerprint density at radius 2 is 1.93 bits per heavy atom. The van der Waals surface area contributed by atoms with Gasteiger partial charge in [-0.05, 0) is 49.6 Å². The Kier molecular flexibility index (Phi) is 6.01. The minimum atomic E-state index is -0.549. The van der Waals surface area contributed by atoms with Gasteiger partial charge in [0, 0.05) is 16.8 Å². The number of hydrogen-bond acceptors (Lipinski definition) is 4. The average Bonchev–Trinajstić information content (AvgIpc) is 2.60. The van der Waals surface area contributed by atoms with E-state index in [4.69, 9.17) is 21.1 Å². The number of carbonyl (C=O) groups is 2. The maximum absolute atomic E-state index is 13.0. The molecular weight excluding hydrogens is 366 g/mol. The molecule has 3 rings (SSSR count). The zero-order valence-corrected chi connectivity index (χ0v) is 15.9. The molecule has 27 heavy (non-hydrogen) atoms. The molecule has 1 aliphatic carbocycles. The lowest BCUT2D eigenvalue weighted by Gasteiger charge is -2.40. The van der Waals surface area contributed by atoms with Crippen LogP contribution in [0.4, 0.5) is 5.69 Å². The Labute approximate surface area is 163 Å². The lowest BCUT2D eigenvalue weighted by molar-refractivity contribution is -0.145. The van der Waals surface area contributed by atoms with Crippen LogP contribution in [-0.2, 0) is 19.7 Å². The zero-order valence-electron chi connectivity index (χ0n) is 15.2. The Balaban J connectivity index is 1.70. The maximum Gasteiger partial charge on any atom is 0.344 e. The van der Waals surface area contributed by atoms with Crippen LogP contribution < -0.4 is 10.1 Å². The Morgan fingerprint density at radius 3 is 2.59 bits per heavy atom. The van der Waals surface area contributed by atoms with Crippen LogP contribution >= 0.6 is 11.6 Å². The summed E-state index contributed by atoms with van der Waals surface area (Å²) >= 11 is 6.11. The number of anilines is 1. The summed E-state index contributed by atoms with van der Waals surface area (Å²) in [5, 5.41) is 3.60. The quantitative estimate of drug-likeness (QED) is 0.717. The molecule has 0 heterocycles. The molecule has 1 aliphatic rings. The van der Waals surface area contributed by atoms with Crippen LogP contribution in [-0.4, -0.2) is 25.1 Å². The van der Waals surface area contributed by atoms with E-state index in [-0.39, 0.29) is 12.5 Å². The van der Waals surface area contributed by atoms with Crippen molar-refractivity contribution >= 4 is 29.2 Å². The number of esters is 1. The molecule has 5 nitrogen and oxygen atoms in total. The van der Waals surface area contributed by atoms with Gasteiger partial charge >= 0.3 is 5.97 Å². The first kappa shape index (κ1) is 19.2. The topological polar surface area (TPSA) is 64.6 Å². The Bertz CT molecular complexity index is 832. The van der Waals surface area contributed by atoms with Crippen LogP contribution in [0.1, 0.15) is 31.7 Å². The maximum atomic E-state index is 13.0. The number of benzene rings is 2. The fourth-order valence-corrected chi connectivity index (χ4v) is 3.41. The third-order valence-electron chi connectivity index (χ3n) is 4.77. The summed E-state index contributed by atoms with van der Waals surface area (Å²) in [7, 11) is 0. The van der Waals surface area contributed by atoms with Gasteiger partial charge in [0.25, 0.3) is 0 Å². The normalized spacial score (nSPS) is 14.7. The molecule has 2 aromatic rings. The highest BCUT2D eigenvalue weighted by Gasteiger charge is 2.45. The highest BCUT2D eigenvalue weighted by molar-refractivity contribution is 6.30. The van der Waals surface area contributed by atoms with Gasteiger partial charge in [-0.25, -0.2) is 4.79 Å². The highest BCUT2D eigenvalue weighted by atomic mass is 35.5. The van der Waals surface area contributed by atoms with Crippen LogP contribution in [0.2, 0.25) is 5.02 Å². The van der Waals surface area contributed by atoms with E-state index in [1.807, 2.05) is 18.2 Å². The van der Waals surface area contributed by atoms with Gasteiger partial charge in [-0.1, -0.05) is 36.2 Å². The molecule has 2 aromatic carbocycles. The second kappa shape index (κ2) is 8.44. The van der Waals surface area contributed by atoms with Crippen LogP contribution in [0.3, 0.4) is 0 Å². The number of halogens is 1. The summed E-state index contributed by atoms with van der Waals surface area (Å²) < 4.78 is 10.3. The van der Waals surface area contributed by atoms with Crippen LogP contribution in [0, 0.1) is 0 Å². The monoisotopic (exact) mass is 387 g/mol. The molecule has 0 aromatic heterocycles. The molecule has 6 heteroatoms. The van der Waals surface area contributed by atoms with E-state index in [1.165, 1.54) is 0 Å². The predicted molar refractivity (Wildman–Crippen MR) is 104 cm³/mol. The number of nitrogens with one attached hydrogen (secondary N) is 1. The van der Waals surface area contributed by atoms with E-state index in [1.54, 1.807) is 37.3 Å². The molecule has 0 spiro atoms. The largest absolute Gasteiger partial charge is 0.482 e. The molecule has 1 fully saturated rings. The summed E-state index contributed by atoms with van der Waals surface area (Å²) in [5.74, 6) is 0.00569. The lowest BCUT2D eigenvalue weighted by atomic mass is 9.64. The van der Waals surface area contributed by atoms with Crippen LogP contribution in [0.25, 0.3) is 0 Å². The Hall–Kier alpha value is -2.53. The van der Waals surface area contributed by atoms with Gasteiger partial charge in [-0.3, -0.25) is 4.79 Å². The molecule has 142 valence electrons. The van der Waals surface area contributed by atoms with E-state index in [9.17, 15) is 9.59 Å². The van der Waals surface area contributed by atoms with Crippen molar-refractivity contribution in [3.05, 3.63) is 59.1 Å². The predicted octanol–water partition coefficient (Wildman–Crippen LogP) is 4.34. The first-order valence-corrected chi connectivity index (χ1v) is 9.37. The fraction of sp³-hybridized carbons (Fsp3) is 0.333. The average molecular weight is 388 g/mol. The molecule has 1 amide bonds. The van der Waals surface area contributed by atoms with Crippen molar-refractivity contribution in [1.29, 1.82) is 0 Å². The van der Waals surface area contributed by atoms with Crippen molar-refractivity contribution in [3.8, 4) is 5.75 Å². The number of amides is 1. The van der Waals surface area contributed by atoms with E-state index in [0.717, 1.165) is 24.8 Å². The van der Waals surface area contributed by atoms with Gasteiger partial charge < -0.3 is 14.8 Å². The molecule has 0 aliphatic heterocycles. The van der Waals surface area contributed by atoms with Crippen molar-refractivity contribution in [2.24, 2.45) is 0 Å². The third-order valence-corrected chi connectivity index (χ3v) is 5.01. The van der Waals surface area contributed by atoms with E-state index in [2.05, 4.69) is 5.32 Å². The summed E-state index contributed by atoms with van der Waals surface area (Å²) in [4.78, 5) is 24.4. The molecular formula is C21H22ClNO4. The number of carbonyl (C=O) groups excluding carboxylic acids is 2.